The molecular formula is C23H24N4O2. The molecule has 0 saturated heterocycles. The lowest BCUT2D eigenvalue weighted by Crippen LogP contribution is -2.29. The van der Waals surface area contributed by atoms with Crippen molar-refractivity contribution >= 4 is 28.9 Å². The van der Waals surface area contributed by atoms with E-state index in [0.29, 0.717) is 35.9 Å². The molecule has 1 aromatic heterocycles. The predicted molar refractivity (Wildman–Crippen MR) is 114 cm³/mol. The van der Waals surface area contributed by atoms with E-state index in [2.05, 4.69) is 29.5 Å². The van der Waals surface area contributed by atoms with Gasteiger partial charge in [0.1, 0.15) is 11.6 Å². The van der Waals surface area contributed by atoms with Crippen LogP contribution in [-0.2, 0) is 6.42 Å². The van der Waals surface area contributed by atoms with E-state index in [0.717, 1.165) is 17.1 Å². The summed E-state index contributed by atoms with van der Waals surface area (Å²) in [6, 6.07) is 17.3. The Morgan fingerprint density at radius 2 is 1.66 bits per heavy atom. The SMILES string of the molecule is COc1ccccc1Nc1nc2c(c(Nc3ccccc3)n1)C(=O)CC(C)(C)C2. The van der Waals surface area contributed by atoms with Gasteiger partial charge < -0.3 is 15.4 Å². The fraction of sp³-hybridized carbons (Fsp3) is 0.261. The van der Waals surface area contributed by atoms with E-state index in [1.165, 1.54) is 0 Å². The molecule has 0 unspecified atom stereocenters. The van der Waals surface area contributed by atoms with Crippen molar-refractivity contribution in [3.8, 4) is 5.75 Å². The monoisotopic (exact) mass is 388 g/mol. The zero-order valence-electron chi connectivity index (χ0n) is 16.8. The van der Waals surface area contributed by atoms with E-state index in [1.807, 2.05) is 54.6 Å². The number of ketones is 1. The normalized spacial score (nSPS) is 14.8. The number of nitrogens with zero attached hydrogens (tertiary/aromatic N) is 2. The number of rotatable bonds is 5. The van der Waals surface area contributed by atoms with E-state index in [-0.39, 0.29) is 11.2 Å². The highest BCUT2D eigenvalue weighted by atomic mass is 16.5. The Hall–Kier alpha value is -3.41. The molecule has 0 amide bonds. The molecule has 29 heavy (non-hydrogen) atoms. The van der Waals surface area contributed by atoms with Crippen molar-refractivity contribution in [3.63, 3.8) is 0 Å². The average molecular weight is 388 g/mol. The van der Waals surface area contributed by atoms with E-state index < -0.39 is 0 Å². The third-order valence-corrected chi connectivity index (χ3v) is 4.94. The zero-order chi connectivity index (χ0) is 20.4. The number of carbonyl (C=O) groups excluding carboxylic acids is 1. The molecule has 0 fully saturated rings. The number of fused-ring (bicyclic) bond motifs is 1. The number of anilines is 4. The third kappa shape index (κ3) is 4.06. The van der Waals surface area contributed by atoms with Gasteiger partial charge in [0, 0.05) is 12.1 Å². The quantitative estimate of drug-likeness (QED) is 0.631. The molecular weight excluding hydrogens is 364 g/mol. The molecule has 1 heterocycles. The van der Waals surface area contributed by atoms with Gasteiger partial charge in [-0.25, -0.2) is 4.98 Å². The summed E-state index contributed by atoms with van der Waals surface area (Å²) in [5, 5.41) is 6.54. The summed E-state index contributed by atoms with van der Waals surface area (Å²) in [5.74, 6) is 1.72. The predicted octanol–water partition coefficient (Wildman–Crippen LogP) is 5.13. The van der Waals surface area contributed by atoms with Gasteiger partial charge in [-0.05, 0) is 36.1 Å². The summed E-state index contributed by atoms with van der Waals surface area (Å²) in [6.07, 6.45) is 1.19. The number of ether oxygens (including phenoxy) is 1. The second-order valence-corrected chi connectivity index (χ2v) is 7.97. The van der Waals surface area contributed by atoms with Crippen LogP contribution in [0.15, 0.2) is 54.6 Å². The smallest absolute Gasteiger partial charge is 0.229 e. The standard InChI is InChI=1S/C23H24N4O2/c1-23(2)13-17-20(18(28)14-23)21(24-15-9-5-4-6-10-15)27-22(26-17)25-16-11-7-8-12-19(16)29-3/h4-12H,13-14H2,1-3H3,(H2,24,25,26,27). The van der Waals surface area contributed by atoms with Crippen LogP contribution in [0.2, 0.25) is 0 Å². The lowest BCUT2D eigenvalue weighted by atomic mass is 9.75. The second-order valence-electron chi connectivity index (χ2n) is 7.97. The van der Waals surface area contributed by atoms with Gasteiger partial charge in [0.25, 0.3) is 0 Å². The first kappa shape index (κ1) is 18.9. The highest BCUT2D eigenvalue weighted by Crippen LogP contribution is 2.38. The Morgan fingerprint density at radius 1 is 0.931 bits per heavy atom. The Labute approximate surface area is 170 Å². The van der Waals surface area contributed by atoms with Crippen molar-refractivity contribution in [1.82, 2.24) is 9.97 Å². The van der Waals surface area contributed by atoms with E-state index in [9.17, 15) is 4.79 Å². The maximum Gasteiger partial charge on any atom is 0.229 e. The summed E-state index contributed by atoms with van der Waals surface area (Å²) in [6.45, 7) is 4.18. The average Bonchev–Trinajstić information content (AvgIpc) is 2.67. The minimum Gasteiger partial charge on any atom is -0.495 e. The fourth-order valence-electron chi connectivity index (χ4n) is 3.64. The van der Waals surface area contributed by atoms with Crippen LogP contribution in [-0.4, -0.2) is 22.9 Å². The number of carbonyl (C=O) groups is 1. The number of Topliss-reactive ketones (excluding diaryl/α,β-unsaturated/α-hetero) is 1. The number of benzene rings is 2. The van der Waals surface area contributed by atoms with Crippen LogP contribution in [0, 0.1) is 5.41 Å². The number of hydrogen-bond donors (Lipinski definition) is 2. The van der Waals surface area contributed by atoms with Crippen molar-refractivity contribution in [3.05, 3.63) is 65.9 Å². The van der Waals surface area contributed by atoms with Gasteiger partial charge >= 0.3 is 0 Å². The van der Waals surface area contributed by atoms with Crippen molar-refractivity contribution < 1.29 is 9.53 Å². The third-order valence-electron chi connectivity index (χ3n) is 4.94. The minimum absolute atomic E-state index is 0.0681. The molecule has 1 aliphatic carbocycles. The van der Waals surface area contributed by atoms with Gasteiger partial charge in [0.2, 0.25) is 5.95 Å². The number of hydrogen-bond acceptors (Lipinski definition) is 6. The van der Waals surface area contributed by atoms with Crippen LogP contribution in [0.25, 0.3) is 0 Å². The number of aromatic nitrogens is 2. The van der Waals surface area contributed by atoms with E-state index in [1.54, 1.807) is 7.11 Å². The Morgan fingerprint density at radius 3 is 2.41 bits per heavy atom. The second kappa shape index (κ2) is 7.54. The first-order valence-electron chi connectivity index (χ1n) is 9.61. The number of methoxy groups -OCH3 is 1. The molecule has 0 saturated carbocycles. The van der Waals surface area contributed by atoms with Crippen molar-refractivity contribution in [2.45, 2.75) is 26.7 Å². The molecule has 0 atom stereocenters. The summed E-state index contributed by atoms with van der Waals surface area (Å²) in [7, 11) is 1.62. The highest BCUT2D eigenvalue weighted by Gasteiger charge is 2.35. The van der Waals surface area contributed by atoms with Gasteiger partial charge in [-0.2, -0.15) is 4.98 Å². The van der Waals surface area contributed by atoms with E-state index >= 15 is 0 Å². The molecule has 0 bridgehead atoms. The van der Waals surface area contributed by atoms with Gasteiger partial charge in [-0.15, -0.1) is 0 Å². The Balaban J connectivity index is 1.78. The summed E-state index contributed by atoms with van der Waals surface area (Å²) < 4.78 is 5.42. The molecule has 0 spiro atoms. The molecule has 148 valence electrons. The maximum atomic E-state index is 12.9. The molecule has 2 aromatic carbocycles. The molecule has 0 radical (unpaired) electrons. The summed E-state index contributed by atoms with van der Waals surface area (Å²) >= 11 is 0. The van der Waals surface area contributed by atoms with Crippen LogP contribution < -0.4 is 15.4 Å². The highest BCUT2D eigenvalue weighted by molar-refractivity contribution is 6.03. The molecule has 2 N–H and O–H groups in total. The van der Waals surface area contributed by atoms with Crippen LogP contribution in [0.5, 0.6) is 5.75 Å². The van der Waals surface area contributed by atoms with Gasteiger partial charge in [0.05, 0.1) is 24.1 Å². The first-order chi connectivity index (χ1) is 13.9. The van der Waals surface area contributed by atoms with Gasteiger partial charge in [-0.3, -0.25) is 4.79 Å². The van der Waals surface area contributed by atoms with Gasteiger partial charge in [-0.1, -0.05) is 44.2 Å². The molecule has 3 aromatic rings. The van der Waals surface area contributed by atoms with Crippen LogP contribution in [0.1, 0.15) is 36.3 Å². The van der Waals surface area contributed by atoms with Crippen LogP contribution in [0.4, 0.5) is 23.1 Å². The topological polar surface area (TPSA) is 76.1 Å². The van der Waals surface area contributed by atoms with Gasteiger partial charge in [0.15, 0.2) is 5.78 Å². The van der Waals surface area contributed by atoms with Crippen molar-refractivity contribution in [1.29, 1.82) is 0 Å². The largest absolute Gasteiger partial charge is 0.495 e. The van der Waals surface area contributed by atoms with Crippen molar-refractivity contribution in [2.24, 2.45) is 5.41 Å². The summed E-state index contributed by atoms with van der Waals surface area (Å²) in [4.78, 5) is 22.3. The van der Waals surface area contributed by atoms with Crippen molar-refractivity contribution in [2.75, 3.05) is 17.7 Å². The Kier molecular flexibility index (Phi) is 4.92. The fourth-order valence-corrected chi connectivity index (χ4v) is 3.64. The lowest BCUT2D eigenvalue weighted by molar-refractivity contribution is 0.0911. The summed E-state index contributed by atoms with van der Waals surface area (Å²) in [5.41, 5.74) is 2.84. The first-order valence-corrected chi connectivity index (χ1v) is 9.61. The lowest BCUT2D eigenvalue weighted by Gasteiger charge is -2.30. The van der Waals surface area contributed by atoms with Crippen LogP contribution >= 0.6 is 0 Å². The minimum atomic E-state index is -0.135. The molecule has 0 aliphatic heterocycles. The zero-order valence-corrected chi connectivity index (χ0v) is 16.8. The molecule has 1 aliphatic rings. The maximum absolute atomic E-state index is 12.9. The number of nitrogens with one attached hydrogen (secondary N) is 2. The molecule has 6 heteroatoms. The Bertz CT molecular complexity index is 1050. The van der Waals surface area contributed by atoms with Crippen LogP contribution in [0.3, 0.4) is 0 Å². The van der Waals surface area contributed by atoms with E-state index in [4.69, 9.17) is 9.72 Å². The number of para-hydroxylation sites is 3. The molecule has 4 rings (SSSR count). The molecule has 6 nitrogen and oxygen atoms in total.